The lowest BCUT2D eigenvalue weighted by Crippen LogP contribution is -2.01. The summed E-state index contributed by atoms with van der Waals surface area (Å²) >= 11 is 0. The molecule has 0 spiro atoms. The van der Waals surface area contributed by atoms with Crippen LogP contribution in [0.1, 0.15) is 19.4 Å². The highest BCUT2D eigenvalue weighted by Crippen LogP contribution is 2.45. The van der Waals surface area contributed by atoms with Gasteiger partial charge in [-0.1, -0.05) is 159 Å². The number of hydrogen-bond donors (Lipinski definition) is 0. The van der Waals surface area contributed by atoms with E-state index in [0.29, 0.717) is 23.4 Å². The van der Waals surface area contributed by atoms with E-state index in [9.17, 15) is 0 Å². The molecule has 11 aromatic rings. The monoisotopic (exact) mass is 731 g/mol. The van der Waals surface area contributed by atoms with Crippen LogP contribution in [0.5, 0.6) is 0 Å². The zero-order valence-electron chi connectivity index (χ0n) is 31.7. The Morgan fingerprint density at radius 1 is 0.404 bits per heavy atom. The predicted octanol–water partition coefficient (Wildman–Crippen LogP) is 14.3. The van der Waals surface area contributed by atoms with Gasteiger partial charge in [0, 0.05) is 38.2 Å². The van der Waals surface area contributed by atoms with Crippen LogP contribution >= 0.6 is 0 Å². The van der Waals surface area contributed by atoms with Crippen molar-refractivity contribution in [3.8, 4) is 45.3 Å². The zero-order valence-corrected chi connectivity index (χ0v) is 31.7. The van der Waals surface area contributed by atoms with Gasteiger partial charge in [-0.3, -0.25) is 0 Å². The molecule has 0 N–H and O–H groups in total. The number of hydrogen-bond acceptors (Lipinski definition) is 4. The number of furan rings is 1. The smallest absolute Gasteiger partial charge is 0.164 e. The maximum absolute atomic E-state index is 7.06. The van der Waals surface area contributed by atoms with E-state index in [1.807, 2.05) is 18.2 Å². The Kier molecular flexibility index (Phi) is 7.71. The van der Waals surface area contributed by atoms with Crippen LogP contribution in [0.25, 0.3) is 110 Å². The first-order chi connectivity index (χ1) is 28.1. The average molecular weight is 732 g/mol. The van der Waals surface area contributed by atoms with Crippen molar-refractivity contribution in [2.24, 2.45) is 5.92 Å². The molecule has 0 amide bonds. The predicted molar refractivity (Wildman–Crippen MR) is 237 cm³/mol. The molecule has 0 aliphatic carbocycles. The Morgan fingerprint density at radius 3 is 1.79 bits per heavy atom. The molecule has 0 unspecified atom stereocenters. The zero-order chi connectivity index (χ0) is 38.0. The minimum Gasteiger partial charge on any atom is -0.455 e. The molecule has 0 atom stereocenters. The van der Waals surface area contributed by atoms with E-state index in [1.54, 1.807) is 0 Å². The number of aromatic nitrogens is 3. The van der Waals surface area contributed by atoms with Gasteiger partial charge in [0.1, 0.15) is 11.2 Å². The number of nitrogens with zero attached hydrogens (tertiary/aromatic N) is 3. The summed E-state index contributed by atoms with van der Waals surface area (Å²) in [5, 5.41) is 11.1. The van der Waals surface area contributed by atoms with Crippen molar-refractivity contribution in [2.45, 2.75) is 20.3 Å². The molecule has 0 aliphatic heterocycles. The van der Waals surface area contributed by atoms with E-state index < -0.39 is 0 Å². The second-order valence-corrected chi connectivity index (χ2v) is 15.5. The molecule has 9 aromatic carbocycles. The first kappa shape index (κ1) is 33.2. The summed E-state index contributed by atoms with van der Waals surface area (Å²) in [4.78, 5) is 15.9. The van der Waals surface area contributed by atoms with Crippen LogP contribution in [0.2, 0.25) is 0 Å². The van der Waals surface area contributed by atoms with Crippen LogP contribution in [0.4, 0.5) is 0 Å². The Labute approximate surface area is 330 Å². The fourth-order valence-electron chi connectivity index (χ4n) is 8.68. The molecule has 2 aromatic heterocycles. The molecular formula is C53H37N3O. The molecule has 2 heterocycles. The van der Waals surface area contributed by atoms with Gasteiger partial charge in [0.05, 0.1) is 0 Å². The number of rotatable bonds is 6. The summed E-state index contributed by atoms with van der Waals surface area (Å²) in [6.07, 6.45) is 1.01. The molecule has 0 saturated carbocycles. The third-order valence-electron chi connectivity index (χ3n) is 11.2. The Bertz CT molecular complexity index is 3350. The second-order valence-electron chi connectivity index (χ2n) is 15.5. The SMILES string of the molecule is CC(C)Cc1ccc2c(-c3ccccc3)cc(-c3nc(-c4ccccc4)nc(-c4cc5ccc6ccccc6c5c5oc6c7ccccc7ccc6c45)n3)cc2c1. The summed E-state index contributed by atoms with van der Waals surface area (Å²) in [6.45, 7) is 4.54. The highest BCUT2D eigenvalue weighted by atomic mass is 16.3. The molecule has 11 rings (SSSR count). The Balaban J connectivity index is 1.24. The van der Waals surface area contributed by atoms with Gasteiger partial charge >= 0.3 is 0 Å². The van der Waals surface area contributed by atoms with Gasteiger partial charge in [-0.05, 0) is 85.6 Å². The third-order valence-corrected chi connectivity index (χ3v) is 11.2. The van der Waals surface area contributed by atoms with Gasteiger partial charge in [0.25, 0.3) is 0 Å². The van der Waals surface area contributed by atoms with Crippen LogP contribution in [0.15, 0.2) is 174 Å². The molecule has 0 aliphatic rings. The van der Waals surface area contributed by atoms with Gasteiger partial charge in [-0.15, -0.1) is 0 Å². The van der Waals surface area contributed by atoms with Crippen molar-refractivity contribution in [3.63, 3.8) is 0 Å². The van der Waals surface area contributed by atoms with Crippen molar-refractivity contribution in [2.75, 3.05) is 0 Å². The molecule has 0 radical (unpaired) electrons. The average Bonchev–Trinajstić information content (AvgIpc) is 3.66. The van der Waals surface area contributed by atoms with Crippen molar-refractivity contribution < 1.29 is 4.42 Å². The van der Waals surface area contributed by atoms with Crippen LogP contribution in [-0.4, -0.2) is 15.0 Å². The maximum Gasteiger partial charge on any atom is 0.164 e. The normalized spacial score (nSPS) is 11.9. The first-order valence-corrected chi connectivity index (χ1v) is 19.7. The summed E-state index contributed by atoms with van der Waals surface area (Å²) in [7, 11) is 0. The van der Waals surface area contributed by atoms with Crippen molar-refractivity contribution in [3.05, 3.63) is 175 Å². The minimum atomic E-state index is 0.549. The third kappa shape index (κ3) is 5.64. The van der Waals surface area contributed by atoms with Gasteiger partial charge in [-0.25, -0.2) is 15.0 Å². The van der Waals surface area contributed by atoms with E-state index in [2.05, 4.69) is 166 Å². The quantitative estimate of drug-likeness (QED) is 0.160. The fraction of sp³-hybridized carbons (Fsp3) is 0.0755. The lowest BCUT2D eigenvalue weighted by atomic mass is 9.92. The standard InChI is InChI=1S/C53H37N3O/c1-32(2)27-33-21-25-41-39(28-33)29-40(31-45(41)34-13-5-3-6-14-34)52-54-51(37-17-7-4-8-18-37)55-53(56-52)46-30-38-23-22-35-15-9-11-19-42(35)47(38)50-48(46)44-26-24-36-16-10-12-20-43(36)49(44)57-50/h3-26,28-32H,27H2,1-2H3. The molecule has 57 heavy (non-hydrogen) atoms. The van der Waals surface area contributed by atoms with Gasteiger partial charge < -0.3 is 4.42 Å². The Morgan fingerprint density at radius 2 is 1.02 bits per heavy atom. The molecule has 0 bridgehead atoms. The van der Waals surface area contributed by atoms with Crippen LogP contribution < -0.4 is 0 Å². The summed E-state index contributed by atoms with van der Waals surface area (Å²) in [6, 6.07) is 60.2. The second kappa shape index (κ2) is 13.2. The maximum atomic E-state index is 7.06. The lowest BCUT2D eigenvalue weighted by molar-refractivity contribution is 0.648. The number of fused-ring (bicyclic) bond motifs is 10. The van der Waals surface area contributed by atoms with Crippen LogP contribution in [-0.2, 0) is 6.42 Å². The summed E-state index contributed by atoms with van der Waals surface area (Å²) < 4.78 is 7.06. The van der Waals surface area contributed by atoms with E-state index in [4.69, 9.17) is 19.4 Å². The van der Waals surface area contributed by atoms with Crippen molar-refractivity contribution in [1.29, 1.82) is 0 Å². The van der Waals surface area contributed by atoms with Crippen molar-refractivity contribution >= 4 is 65.0 Å². The molecule has 0 fully saturated rings. The highest BCUT2D eigenvalue weighted by molar-refractivity contribution is 6.28. The van der Waals surface area contributed by atoms with Crippen LogP contribution in [0, 0.1) is 5.92 Å². The molecular weight excluding hydrogens is 695 g/mol. The molecule has 4 nitrogen and oxygen atoms in total. The van der Waals surface area contributed by atoms with Gasteiger partial charge in [-0.2, -0.15) is 0 Å². The fourth-order valence-corrected chi connectivity index (χ4v) is 8.68. The van der Waals surface area contributed by atoms with Crippen molar-refractivity contribution in [1.82, 2.24) is 15.0 Å². The first-order valence-electron chi connectivity index (χ1n) is 19.7. The topological polar surface area (TPSA) is 51.8 Å². The van der Waals surface area contributed by atoms with E-state index in [0.717, 1.165) is 83.1 Å². The number of benzene rings is 9. The largest absolute Gasteiger partial charge is 0.455 e. The minimum absolute atomic E-state index is 0.549. The molecule has 270 valence electrons. The van der Waals surface area contributed by atoms with E-state index in [-0.39, 0.29) is 0 Å². The van der Waals surface area contributed by atoms with Gasteiger partial charge in [0.15, 0.2) is 17.5 Å². The van der Waals surface area contributed by atoms with Gasteiger partial charge in [0.2, 0.25) is 0 Å². The highest BCUT2D eigenvalue weighted by Gasteiger charge is 2.23. The summed E-state index contributed by atoms with van der Waals surface area (Å²) in [5.41, 5.74) is 8.09. The molecule has 0 saturated heterocycles. The van der Waals surface area contributed by atoms with E-state index in [1.165, 1.54) is 21.7 Å². The molecule has 4 heteroatoms. The lowest BCUT2D eigenvalue weighted by Gasteiger charge is -2.14. The van der Waals surface area contributed by atoms with Crippen LogP contribution in [0.3, 0.4) is 0 Å². The Hall–Kier alpha value is -7.17. The van der Waals surface area contributed by atoms with E-state index >= 15 is 0 Å². The summed E-state index contributed by atoms with van der Waals surface area (Å²) in [5.74, 6) is 2.39.